The smallest absolute Gasteiger partial charge is 0.748 e. The van der Waals surface area contributed by atoms with E-state index in [1.54, 1.807) is 27.8 Å². The zero-order valence-electron chi connectivity index (χ0n) is 38.5. The fraction of sp³-hybridized carbons (Fsp3) is 0.356. The van der Waals surface area contributed by atoms with Gasteiger partial charge in [-0.15, -0.1) is 0 Å². The van der Waals surface area contributed by atoms with Gasteiger partial charge in [-0.25, -0.2) is 29.8 Å². The van der Waals surface area contributed by atoms with Crippen LogP contribution in [0.25, 0.3) is 5.57 Å². The second kappa shape index (κ2) is 22.8. The molecule has 68 heavy (non-hydrogen) atoms. The first-order valence-corrected chi connectivity index (χ1v) is 25.8. The molecule has 23 heteroatoms. The Morgan fingerprint density at radius 3 is 2.15 bits per heavy atom. The minimum absolute atomic E-state index is 0. The van der Waals surface area contributed by atoms with Crippen LogP contribution in [0.15, 0.2) is 107 Å². The molecule has 0 atom stereocenters. The van der Waals surface area contributed by atoms with Crippen molar-refractivity contribution in [2.75, 3.05) is 36.0 Å². The Bertz CT molecular complexity index is 2970. The van der Waals surface area contributed by atoms with Gasteiger partial charge in [-0.05, 0) is 96.8 Å². The number of carbonyl (C=O) groups is 3. The van der Waals surface area contributed by atoms with E-state index in [2.05, 4.69) is 5.32 Å². The summed E-state index contributed by atoms with van der Waals surface area (Å²) in [6.07, 6.45) is 11.7. The first-order chi connectivity index (χ1) is 30.7. The number of amides is 3. The second-order valence-electron chi connectivity index (χ2n) is 17.1. The number of allylic oxidation sites excluding steroid dienone is 6. The summed E-state index contributed by atoms with van der Waals surface area (Å²) >= 11 is 6.53. The molecule has 0 saturated carbocycles. The normalized spacial score (nSPS) is 17.0. The second-order valence-corrected chi connectivity index (χ2v) is 21.9. The van der Waals surface area contributed by atoms with Crippen molar-refractivity contribution in [3.05, 3.63) is 124 Å². The number of fused-ring (bicyclic) bond motifs is 2. The number of anilines is 1. The molecule has 0 fully saturated rings. The number of nitrogens with one attached hydrogen (secondary N) is 1. The van der Waals surface area contributed by atoms with Gasteiger partial charge in [0, 0.05) is 66.5 Å². The molecule has 0 spiro atoms. The molecule has 3 aromatic rings. The van der Waals surface area contributed by atoms with Gasteiger partial charge in [0.15, 0.2) is 5.71 Å². The van der Waals surface area contributed by atoms with Crippen molar-refractivity contribution >= 4 is 82.5 Å². The predicted octanol–water partition coefficient (Wildman–Crippen LogP) is -1.93. The molecule has 1 aromatic heterocycles. The molecule has 0 bridgehead atoms. The minimum atomic E-state index is -4.84. The molecule has 3 amide bonds. The third kappa shape index (κ3) is 14.2. The molecule has 3 aliphatic heterocycles. The topological polar surface area (TPSA) is 258 Å². The maximum atomic E-state index is 12.8. The molecule has 352 valence electrons. The Balaban J connectivity index is 0.00000504. The Hall–Kier alpha value is -3.35. The maximum absolute atomic E-state index is 12.8. The number of hydrogen-bond acceptors (Lipinski definition) is 14. The summed E-state index contributed by atoms with van der Waals surface area (Å²) < 4.78 is 107. The van der Waals surface area contributed by atoms with Gasteiger partial charge >= 0.3 is 64.9 Å². The van der Waals surface area contributed by atoms with Crippen molar-refractivity contribution in [3.8, 4) is 0 Å². The number of nitrogens with zero attached hydrogens (tertiary/aromatic N) is 4. The van der Waals surface area contributed by atoms with Crippen molar-refractivity contribution in [2.24, 2.45) is 4.99 Å². The summed E-state index contributed by atoms with van der Waals surface area (Å²) in [6.45, 7) is 7.91. The third-order valence-corrected chi connectivity index (χ3v) is 14.3. The largest absolute Gasteiger partial charge is 1.00 e. The molecule has 0 radical (unpaired) electrons. The molecule has 0 unspecified atom stereocenters. The van der Waals surface area contributed by atoms with E-state index in [1.807, 2.05) is 70.2 Å². The molecule has 0 aliphatic carbocycles. The standard InChI is InChI=1S/C45H50ClN5O12S3.2Na/c1-44(2)36-27-33(46)29-49(21-6-24-64(55,56)57)43(36)48-38(44)15-11-31(32-9-5-8-30(26-32)10-17-40(52)47-20-23-51-41(53)18-19-42(51)54)12-16-39-45(3,4)35-28-34(66(61,62)63)13-14-37(35)50(39)22-7-25-65(58,59)60;;/h5,8-9,11-16,18-19,26-29H,6-7,10,17,20-25H2,1-4H3,(H3-,47,52,55,56,57,58,59,60,61,62,63);;/q;2*+1/p-2. The van der Waals surface area contributed by atoms with Crippen LogP contribution in [-0.2, 0) is 68.5 Å². The van der Waals surface area contributed by atoms with Crippen LogP contribution in [0.5, 0.6) is 0 Å². The number of aromatic nitrogens is 1. The van der Waals surface area contributed by atoms with E-state index in [1.165, 1.54) is 30.4 Å². The first kappa shape index (κ1) is 57.2. The van der Waals surface area contributed by atoms with Crippen LogP contribution in [0.2, 0.25) is 5.02 Å². The van der Waals surface area contributed by atoms with Gasteiger partial charge in [-0.2, -0.15) is 0 Å². The number of aliphatic imine (C=N–C) groups is 1. The average Bonchev–Trinajstić information content (AvgIpc) is 3.75. The number of imide groups is 1. The van der Waals surface area contributed by atoms with Gasteiger partial charge < -0.3 is 23.9 Å². The van der Waals surface area contributed by atoms with Gasteiger partial charge in [-0.1, -0.05) is 61.9 Å². The molecule has 4 heterocycles. The predicted molar refractivity (Wildman–Crippen MR) is 244 cm³/mol. The molecule has 3 aliphatic rings. The number of aryl methyl sites for hydroxylation is 2. The number of hydrogen-bond donors (Lipinski definition) is 1. The molecule has 0 saturated heterocycles. The zero-order valence-corrected chi connectivity index (χ0v) is 45.7. The Labute approximate surface area is 446 Å². The van der Waals surface area contributed by atoms with Crippen LogP contribution in [0.4, 0.5) is 11.5 Å². The summed E-state index contributed by atoms with van der Waals surface area (Å²) in [5.74, 6) is -1.85. The number of pyridine rings is 1. The Morgan fingerprint density at radius 2 is 1.50 bits per heavy atom. The van der Waals surface area contributed by atoms with E-state index in [-0.39, 0.29) is 110 Å². The van der Waals surface area contributed by atoms with Gasteiger partial charge in [0.1, 0.15) is 16.3 Å². The molecule has 6 rings (SSSR count). The summed E-state index contributed by atoms with van der Waals surface area (Å²) in [6, 6.07) is 13.2. The van der Waals surface area contributed by atoms with E-state index in [9.17, 15) is 53.3 Å². The van der Waals surface area contributed by atoms with Gasteiger partial charge in [0.25, 0.3) is 11.8 Å². The van der Waals surface area contributed by atoms with Gasteiger partial charge in [0.05, 0.1) is 47.7 Å². The van der Waals surface area contributed by atoms with Crippen molar-refractivity contribution in [3.63, 3.8) is 0 Å². The third-order valence-electron chi connectivity index (χ3n) is 11.6. The fourth-order valence-corrected chi connectivity index (χ4v) is 9.84. The fourth-order valence-electron chi connectivity index (χ4n) is 8.16. The van der Waals surface area contributed by atoms with E-state index in [0.717, 1.165) is 16.0 Å². The first-order valence-electron chi connectivity index (χ1n) is 20.8. The molecule has 1 N–H and O–H groups in total. The monoisotopic (exact) mass is 1030 g/mol. The summed E-state index contributed by atoms with van der Waals surface area (Å²) in [4.78, 5) is 44.0. The van der Waals surface area contributed by atoms with E-state index >= 15 is 0 Å². The molecule has 17 nitrogen and oxygen atoms in total. The molecular weight excluding hydrogens is 980 g/mol. The summed E-state index contributed by atoms with van der Waals surface area (Å²) in [5.41, 5.74) is 3.52. The van der Waals surface area contributed by atoms with Gasteiger partial charge in [-0.3, -0.25) is 19.3 Å². The van der Waals surface area contributed by atoms with Crippen LogP contribution < -0.4 is 73.9 Å². The van der Waals surface area contributed by atoms with Crippen molar-refractivity contribution in [2.45, 2.75) is 75.6 Å². The Kier molecular flexibility index (Phi) is 19.2. The number of benzene rings is 2. The van der Waals surface area contributed by atoms with Crippen molar-refractivity contribution in [1.29, 1.82) is 0 Å². The van der Waals surface area contributed by atoms with Gasteiger partial charge in [0.2, 0.25) is 5.91 Å². The number of rotatable bonds is 19. The van der Waals surface area contributed by atoms with Crippen LogP contribution >= 0.6 is 11.6 Å². The SMILES string of the molecule is CC1(C)C(=CC=C(C=CC2=Nc3c(cc(Cl)c[n+]3CCCS(=O)(=O)[O-])C2(C)C)c2cccc(CCC(=O)NCCN3C(=O)C=CC3=O)c2)N(CCCS(=O)(=O)[O-])c2ccc(S(=O)(=O)[O-])cc21.[Na+].[Na+]. The Morgan fingerprint density at radius 1 is 0.838 bits per heavy atom. The van der Waals surface area contributed by atoms with Crippen LogP contribution in [0, 0.1) is 0 Å². The summed E-state index contributed by atoms with van der Waals surface area (Å²) in [5, 5.41) is 3.13. The van der Waals surface area contributed by atoms with Crippen LogP contribution in [0.3, 0.4) is 0 Å². The minimum Gasteiger partial charge on any atom is -0.748 e. The molecular formula is C45H48ClN5Na2O12S3. The zero-order chi connectivity index (χ0) is 48.4. The number of carbonyl (C=O) groups excluding carboxylic acids is 3. The van der Waals surface area contributed by atoms with Crippen molar-refractivity contribution < 1.29 is 117 Å². The number of halogens is 1. The maximum Gasteiger partial charge on any atom is 1.00 e. The van der Waals surface area contributed by atoms with Crippen LogP contribution in [0.1, 0.15) is 69.2 Å². The quantitative estimate of drug-likeness (QED) is 0.0452. The van der Waals surface area contributed by atoms with Crippen molar-refractivity contribution in [1.82, 2.24) is 10.2 Å². The van der Waals surface area contributed by atoms with E-state index < -0.39 is 69.4 Å². The van der Waals surface area contributed by atoms with E-state index in [4.69, 9.17) is 16.6 Å². The average molecular weight is 1030 g/mol. The molecule has 2 aromatic carbocycles. The summed E-state index contributed by atoms with van der Waals surface area (Å²) in [7, 11) is -13.8. The van der Waals surface area contributed by atoms with Crippen LogP contribution in [-0.4, -0.2) is 98.4 Å². The van der Waals surface area contributed by atoms with E-state index in [0.29, 0.717) is 51.1 Å².